The van der Waals surface area contributed by atoms with Crippen LogP contribution in [-0.4, -0.2) is 5.33 Å². The highest BCUT2D eigenvalue weighted by molar-refractivity contribution is 9.09. The van der Waals surface area contributed by atoms with Gasteiger partial charge in [-0.15, -0.1) is 0 Å². The average Bonchev–Trinajstić information content (AvgIpc) is 3.01. The summed E-state index contributed by atoms with van der Waals surface area (Å²) < 4.78 is 13.1. The maximum Gasteiger partial charge on any atom is 0.123 e. The normalized spacial score (nSPS) is 19.9. The average molecular weight is 271 g/mol. The summed E-state index contributed by atoms with van der Waals surface area (Å²) in [6.45, 7) is 2.30. The molecule has 1 atom stereocenters. The summed E-state index contributed by atoms with van der Waals surface area (Å²) in [5, 5.41) is 1.00. The van der Waals surface area contributed by atoms with Crippen molar-refractivity contribution in [1.82, 2.24) is 0 Å². The van der Waals surface area contributed by atoms with Crippen LogP contribution in [0.3, 0.4) is 0 Å². The molecule has 0 aromatic heterocycles. The zero-order chi connectivity index (χ0) is 10.9. The van der Waals surface area contributed by atoms with E-state index in [-0.39, 0.29) is 5.82 Å². The molecular weight excluding hydrogens is 255 g/mol. The second kappa shape index (κ2) is 4.25. The van der Waals surface area contributed by atoms with E-state index in [1.54, 1.807) is 12.1 Å². The predicted molar refractivity (Wildman–Crippen MR) is 64.7 cm³/mol. The smallest absolute Gasteiger partial charge is 0.123 e. The van der Waals surface area contributed by atoms with Crippen LogP contribution in [0.25, 0.3) is 0 Å². The molecule has 0 nitrogen and oxygen atoms in total. The van der Waals surface area contributed by atoms with Gasteiger partial charge in [0.15, 0.2) is 0 Å². The number of rotatable bonds is 4. The summed E-state index contributed by atoms with van der Waals surface area (Å²) in [5.41, 5.74) is 1.41. The molecule has 2 heteroatoms. The van der Waals surface area contributed by atoms with Crippen LogP contribution in [0.15, 0.2) is 24.3 Å². The molecule has 1 aliphatic carbocycles. The minimum atomic E-state index is -0.125. The zero-order valence-corrected chi connectivity index (χ0v) is 10.6. The van der Waals surface area contributed by atoms with Crippen molar-refractivity contribution in [3.8, 4) is 0 Å². The van der Waals surface area contributed by atoms with E-state index in [1.807, 2.05) is 6.07 Å². The molecule has 15 heavy (non-hydrogen) atoms. The Kier molecular flexibility index (Phi) is 3.15. The Bertz CT molecular complexity index is 346. The van der Waals surface area contributed by atoms with Crippen molar-refractivity contribution in [2.45, 2.75) is 26.2 Å². The maximum absolute atomic E-state index is 13.1. The number of hydrogen-bond donors (Lipinski definition) is 0. The fourth-order valence-electron chi connectivity index (χ4n) is 2.19. The van der Waals surface area contributed by atoms with Gasteiger partial charge >= 0.3 is 0 Å². The van der Waals surface area contributed by atoms with Crippen LogP contribution in [0, 0.1) is 17.2 Å². The lowest BCUT2D eigenvalue weighted by atomic mass is 9.81. The molecule has 0 amide bonds. The third-order valence-electron chi connectivity index (χ3n) is 3.37. The van der Waals surface area contributed by atoms with Crippen molar-refractivity contribution >= 4 is 15.9 Å². The molecule has 2 rings (SSSR count). The Balaban J connectivity index is 2.12. The Morgan fingerprint density at radius 3 is 2.73 bits per heavy atom. The molecule has 0 aliphatic heterocycles. The lowest BCUT2D eigenvalue weighted by Gasteiger charge is -2.27. The van der Waals surface area contributed by atoms with E-state index in [9.17, 15) is 4.39 Å². The molecule has 0 radical (unpaired) electrons. The van der Waals surface area contributed by atoms with Gasteiger partial charge < -0.3 is 0 Å². The van der Waals surface area contributed by atoms with Crippen molar-refractivity contribution in [3.05, 3.63) is 35.6 Å². The zero-order valence-electron chi connectivity index (χ0n) is 8.97. The lowest BCUT2D eigenvalue weighted by molar-refractivity contribution is 0.318. The van der Waals surface area contributed by atoms with Gasteiger partial charge in [0.1, 0.15) is 5.82 Å². The molecular formula is C13H16BrF. The second-order valence-electron chi connectivity index (χ2n) is 4.87. The maximum atomic E-state index is 13.1. The molecule has 0 heterocycles. The fourth-order valence-corrected chi connectivity index (χ4v) is 2.85. The summed E-state index contributed by atoms with van der Waals surface area (Å²) in [6, 6.07) is 6.98. The van der Waals surface area contributed by atoms with Gasteiger partial charge in [-0.3, -0.25) is 0 Å². The van der Waals surface area contributed by atoms with Gasteiger partial charge in [-0.25, -0.2) is 4.39 Å². The highest BCUT2D eigenvalue weighted by Crippen LogP contribution is 2.48. The Hall–Kier alpha value is -0.370. The van der Waals surface area contributed by atoms with Gasteiger partial charge in [0, 0.05) is 5.33 Å². The number of halogens is 2. The fraction of sp³-hybridized carbons (Fsp3) is 0.538. The van der Waals surface area contributed by atoms with E-state index < -0.39 is 0 Å². The molecule has 1 aromatic rings. The first-order valence-corrected chi connectivity index (χ1v) is 6.56. The first-order valence-electron chi connectivity index (χ1n) is 5.44. The summed E-state index contributed by atoms with van der Waals surface area (Å²) >= 11 is 3.59. The van der Waals surface area contributed by atoms with E-state index in [2.05, 4.69) is 22.9 Å². The molecule has 0 N–H and O–H groups in total. The summed E-state index contributed by atoms with van der Waals surface area (Å²) in [6.07, 6.45) is 3.63. The molecule has 0 spiro atoms. The van der Waals surface area contributed by atoms with Crippen LogP contribution in [-0.2, 0) is 6.42 Å². The SMILES string of the molecule is CC(CBr)(Cc1cccc(F)c1)C1CC1. The molecule has 82 valence electrons. The van der Waals surface area contributed by atoms with Gasteiger partial charge in [-0.05, 0) is 48.3 Å². The van der Waals surface area contributed by atoms with E-state index in [4.69, 9.17) is 0 Å². The van der Waals surface area contributed by atoms with Crippen LogP contribution in [0.5, 0.6) is 0 Å². The van der Waals surface area contributed by atoms with Crippen LogP contribution < -0.4 is 0 Å². The quantitative estimate of drug-likeness (QED) is 0.721. The largest absolute Gasteiger partial charge is 0.207 e. The van der Waals surface area contributed by atoms with Gasteiger partial charge in [0.05, 0.1) is 0 Å². The van der Waals surface area contributed by atoms with Gasteiger partial charge in [-0.1, -0.05) is 35.0 Å². The monoisotopic (exact) mass is 270 g/mol. The highest BCUT2D eigenvalue weighted by atomic mass is 79.9. The topological polar surface area (TPSA) is 0 Å². The first kappa shape index (κ1) is 11.1. The molecule has 1 aromatic carbocycles. The van der Waals surface area contributed by atoms with Crippen LogP contribution >= 0.6 is 15.9 Å². The molecule has 0 saturated heterocycles. The lowest BCUT2D eigenvalue weighted by Crippen LogP contribution is -2.24. The Labute approximate surface area is 99.0 Å². The molecule has 1 unspecified atom stereocenters. The van der Waals surface area contributed by atoms with E-state index in [1.165, 1.54) is 18.9 Å². The molecule has 1 fully saturated rings. The number of benzene rings is 1. The van der Waals surface area contributed by atoms with Crippen molar-refractivity contribution in [2.24, 2.45) is 11.3 Å². The van der Waals surface area contributed by atoms with Gasteiger partial charge in [-0.2, -0.15) is 0 Å². The van der Waals surface area contributed by atoms with Crippen molar-refractivity contribution in [3.63, 3.8) is 0 Å². The van der Waals surface area contributed by atoms with Crippen LogP contribution in [0.4, 0.5) is 4.39 Å². The second-order valence-corrected chi connectivity index (χ2v) is 5.43. The third-order valence-corrected chi connectivity index (χ3v) is 4.65. The summed E-state index contributed by atoms with van der Waals surface area (Å²) in [4.78, 5) is 0. The summed E-state index contributed by atoms with van der Waals surface area (Å²) in [5.74, 6) is 0.695. The van der Waals surface area contributed by atoms with Crippen LogP contribution in [0.2, 0.25) is 0 Å². The molecule has 1 aliphatic rings. The molecule has 0 bridgehead atoms. The van der Waals surface area contributed by atoms with Crippen molar-refractivity contribution in [1.29, 1.82) is 0 Å². The van der Waals surface area contributed by atoms with Crippen molar-refractivity contribution < 1.29 is 4.39 Å². The third kappa shape index (κ3) is 2.60. The van der Waals surface area contributed by atoms with Gasteiger partial charge in [0.25, 0.3) is 0 Å². The highest BCUT2D eigenvalue weighted by Gasteiger charge is 2.40. The molecule has 1 saturated carbocycles. The van der Waals surface area contributed by atoms with E-state index >= 15 is 0 Å². The number of hydrogen-bond acceptors (Lipinski definition) is 0. The standard InChI is InChI=1S/C13H16BrF/c1-13(9-14,11-5-6-11)8-10-3-2-4-12(15)7-10/h2-4,7,11H,5-6,8-9H2,1H3. The first-order chi connectivity index (χ1) is 7.14. The van der Waals surface area contributed by atoms with E-state index in [0.29, 0.717) is 5.41 Å². The van der Waals surface area contributed by atoms with Gasteiger partial charge in [0.2, 0.25) is 0 Å². The van der Waals surface area contributed by atoms with Crippen LogP contribution in [0.1, 0.15) is 25.3 Å². The summed E-state index contributed by atoms with van der Waals surface area (Å²) in [7, 11) is 0. The predicted octanol–water partition coefficient (Wildman–Crippen LogP) is 4.18. The minimum Gasteiger partial charge on any atom is -0.207 e. The Morgan fingerprint density at radius 1 is 1.47 bits per heavy atom. The van der Waals surface area contributed by atoms with E-state index in [0.717, 1.165) is 23.2 Å². The Morgan fingerprint density at radius 2 is 2.20 bits per heavy atom. The van der Waals surface area contributed by atoms with Crippen molar-refractivity contribution in [2.75, 3.05) is 5.33 Å². The number of alkyl halides is 1. The minimum absolute atomic E-state index is 0.125.